The minimum Gasteiger partial charge on any atom is -0.377 e. The summed E-state index contributed by atoms with van der Waals surface area (Å²) < 4.78 is 11.6. The molecule has 0 bridgehead atoms. The first-order chi connectivity index (χ1) is 8.20. The fourth-order valence-corrected chi connectivity index (χ4v) is 3.05. The highest BCUT2D eigenvalue weighted by atomic mass is 16.5. The fraction of sp³-hybridized carbons (Fsp3) is 1.00. The van der Waals surface area contributed by atoms with E-state index in [1.807, 2.05) is 7.05 Å². The summed E-state index contributed by atoms with van der Waals surface area (Å²) in [7, 11) is 4.19. The zero-order valence-electron chi connectivity index (χ0n) is 11.3. The average Bonchev–Trinajstić information content (AvgIpc) is 2.88. The fourth-order valence-electron chi connectivity index (χ4n) is 3.05. The zero-order chi connectivity index (χ0) is 12.3. The van der Waals surface area contributed by atoms with Crippen molar-refractivity contribution in [2.24, 2.45) is 0 Å². The Bertz CT molecular complexity index is 237. The van der Waals surface area contributed by atoms with Crippen molar-refractivity contribution < 1.29 is 9.47 Å². The molecule has 0 amide bonds. The molecule has 1 N–H and O–H groups in total. The van der Waals surface area contributed by atoms with Gasteiger partial charge in [-0.05, 0) is 40.3 Å². The van der Waals surface area contributed by atoms with Crippen LogP contribution in [0.2, 0.25) is 0 Å². The molecule has 0 spiro atoms. The number of nitrogens with one attached hydrogen (secondary N) is 1. The normalized spacial score (nSPS) is 38.1. The maximum Gasteiger partial charge on any atom is 0.0707 e. The van der Waals surface area contributed by atoms with E-state index in [1.54, 1.807) is 0 Å². The topological polar surface area (TPSA) is 33.7 Å². The lowest BCUT2D eigenvalue weighted by Gasteiger charge is -2.29. The van der Waals surface area contributed by atoms with E-state index < -0.39 is 0 Å². The van der Waals surface area contributed by atoms with E-state index in [0.29, 0.717) is 24.4 Å². The Labute approximate surface area is 105 Å². The SMILES string of the molecule is CNCC1CCC(CN(C)C2CCOC2C)O1. The van der Waals surface area contributed by atoms with Crippen molar-refractivity contribution in [2.75, 3.05) is 33.8 Å². The van der Waals surface area contributed by atoms with Crippen LogP contribution in [0.5, 0.6) is 0 Å². The summed E-state index contributed by atoms with van der Waals surface area (Å²) in [5.74, 6) is 0. The molecule has 100 valence electrons. The van der Waals surface area contributed by atoms with Crippen LogP contribution < -0.4 is 5.32 Å². The third-order valence-electron chi connectivity index (χ3n) is 4.02. The van der Waals surface area contributed by atoms with Crippen molar-refractivity contribution >= 4 is 0 Å². The van der Waals surface area contributed by atoms with Crippen molar-refractivity contribution in [3.05, 3.63) is 0 Å². The summed E-state index contributed by atoms with van der Waals surface area (Å²) in [6.45, 7) is 5.10. The maximum absolute atomic E-state index is 6.02. The Kier molecular flexibility index (Phi) is 4.79. The number of hydrogen-bond donors (Lipinski definition) is 1. The lowest BCUT2D eigenvalue weighted by molar-refractivity contribution is 0.0120. The molecule has 2 heterocycles. The predicted molar refractivity (Wildman–Crippen MR) is 68.3 cm³/mol. The smallest absolute Gasteiger partial charge is 0.0707 e. The van der Waals surface area contributed by atoms with Crippen LogP contribution in [0.15, 0.2) is 0 Å². The maximum atomic E-state index is 6.02. The van der Waals surface area contributed by atoms with Crippen LogP contribution in [0, 0.1) is 0 Å². The van der Waals surface area contributed by atoms with E-state index in [2.05, 4.69) is 24.2 Å². The van der Waals surface area contributed by atoms with E-state index in [9.17, 15) is 0 Å². The van der Waals surface area contributed by atoms with E-state index in [4.69, 9.17) is 9.47 Å². The van der Waals surface area contributed by atoms with Gasteiger partial charge in [0.25, 0.3) is 0 Å². The molecule has 0 radical (unpaired) electrons. The van der Waals surface area contributed by atoms with Gasteiger partial charge in [-0.15, -0.1) is 0 Å². The van der Waals surface area contributed by atoms with E-state index >= 15 is 0 Å². The largest absolute Gasteiger partial charge is 0.377 e. The van der Waals surface area contributed by atoms with Crippen LogP contribution in [0.25, 0.3) is 0 Å². The summed E-state index contributed by atoms with van der Waals surface area (Å²) in [5, 5.41) is 3.19. The second-order valence-corrected chi connectivity index (χ2v) is 5.39. The standard InChI is InChI=1S/C13H26N2O2/c1-10-13(6-7-16-10)15(3)9-12-5-4-11(17-12)8-14-2/h10-14H,4-9H2,1-3H3. The number of likely N-dealkylation sites (N-methyl/N-ethyl adjacent to an activating group) is 2. The molecule has 4 atom stereocenters. The molecule has 2 fully saturated rings. The Morgan fingerprint density at radius 2 is 2.00 bits per heavy atom. The molecule has 2 aliphatic heterocycles. The molecule has 17 heavy (non-hydrogen) atoms. The summed E-state index contributed by atoms with van der Waals surface area (Å²) in [6.07, 6.45) is 4.73. The Balaban J connectivity index is 1.74. The molecular weight excluding hydrogens is 216 g/mol. The van der Waals surface area contributed by atoms with Crippen molar-refractivity contribution in [3.63, 3.8) is 0 Å². The first-order valence-electron chi connectivity index (χ1n) is 6.82. The van der Waals surface area contributed by atoms with Crippen molar-refractivity contribution in [1.29, 1.82) is 0 Å². The Morgan fingerprint density at radius 1 is 1.24 bits per heavy atom. The summed E-state index contributed by atoms with van der Waals surface area (Å²) >= 11 is 0. The van der Waals surface area contributed by atoms with Gasteiger partial charge in [-0.2, -0.15) is 0 Å². The first kappa shape index (κ1) is 13.3. The molecule has 4 heteroatoms. The van der Waals surface area contributed by atoms with Crippen LogP contribution >= 0.6 is 0 Å². The molecule has 0 aromatic rings. The van der Waals surface area contributed by atoms with Crippen molar-refractivity contribution in [2.45, 2.75) is 50.5 Å². The van der Waals surface area contributed by atoms with Gasteiger partial charge in [-0.1, -0.05) is 0 Å². The second-order valence-electron chi connectivity index (χ2n) is 5.39. The van der Waals surface area contributed by atoms with Crippen LogP contribution in [0.1, 0.15) is 26.2 Å². The van der Waals surface area contributed by atoms with Gasteiger partial charge in [0.2, 0.25) is 0 Å². The average molecular weight is 242 g/mol. The Morgan fingerprint density at radius 3 is 2.65 bits per heavy atom. The number of hydrogen-bond acceptors (Lipinski definition) is 4. The van der Waals surface area contributed by atoms with Crippen LogP contribution in [-0.2, 0) is 9.47 Å². The van der Waals surface area contributed by atoms with Gasteiger partial charge < -0.3 is 14.8 Å². The lowest BCUT2D eigenvalue weighted by Crippen LogP contribution is -2.41. The van der Waals surface area contributed by atoms with Crippen LogP contribution in [-0.4, -0.2) is 63.0 Å². The van der Waals surface area contributed by atoms with Crippen molar-refractivity contribution in [1.82, 2.24) is 10.2 Å². The van der Waals surface area contributed by atoms with Gasteiger partial charge in [0.15, 0.2) is 0 Å². The number of nitrogens with zero attached hydrogens (tertiary/aromatic N) is 1. The molecule has 4 unspecified atom stereocenters. The van der Waals surface area contributed by atoms with Crippen LogP contribution in [0.3, 0.4) is 0 Å². The third kappa shape index (κ3) is 3.41. The summed E-state index contributed by atoms with van der Waals surface area (Å²) in [4.78, 5) is 2.42. The summed E-state index contributed by atoms with van der Waals surface area (Å²) in [5.41, 5.74) is 0. The van der Waals surface area contributed by atoms with Gasteiger partial charge in [0, 0.05) is 25.7 Å². The minimum absolute atomic E-state index is 0.370. The number of ether oxygens (including phenoxy) is 2. The van der Waals surface area contributed by atoms with Crippen LogP contribution in [0.4, 0.5) is 0 Å². The summed E-state index contributed by atoms with van der Waals surface area (Å²) in [6, 6.07) is 0.571. The first-order valence-corrected chi connectivity index (χ1v) is 6.82. The van der Waals surface area contributed by atoms with Gasteiger partial charge in [0.05, 0.1) is 18.3 Å². The molecule has 0 aliphatic carbocycles. The highest BCUT2D eigenvalue weighted by molar-refractivity contribution is 4.84. The molecule has 2 saturated heterocycles. The van der Waals surface area contributed by atoms with E-state index in [1.165, 1.54) is 12.8 Å². The minimum atomic E-state index is 0.370. The molecule has 0 aromatic carbocycles. The monoisotopic (exact) mass is 242 g/mol. The highest BCUT2D eigenvalue weighted by Gasteiger charge is 2.31. The van der Waals surface area contributed by atoms with E-state index in [-0.39, 0.29) is 0 Å². The molecule has 0 aromatic heterocycles. The molecular formula is C13H26N2O2. The van der Waals surface area contributed by atoms with Gasteiger partial charge >= 0.3 is 0 Å². The van der Waals surface area contributed by atoms with Gasteiger partial charge in [-0.25, -0.2) is 0 Å². The van der Waals surface area contributed by atoms with Crippen molar-refractivity contribution in [3.8, 4) is 0 Å². The van der Waals surface area contributed by atoms with Gasteiger partial charge in [-0.3, -0.25) is 4.90 Å². The molecule has 0 saturated carbocycles. The highest BCUT2D eigenvalue weighted by Crippen LogP contribution is 2.23. The van der Waals surface area contributed by atoms with Gasteiger partial charge in [0.1, 0.15) is 0 Å². The quantitative estimate of drug-likeness (QED) is 0.775. The zero-order valence-corrected chi connectivity index (χ0v) is 11.3. The molecule has 4 nitrogen and oxygen atoms in total. The lowest BCUT2D eigenvalue weighted by atomic mass is 10.1. The predicted octanol–water partition coefficient (Wildman–Crippen LogP) is 0.863. The molecule has 2 rings (SSSR count). The Hall–Kier alpha value is -0.160. The van der Waals surface area contributed by atoms with E-state index in [0.717, 1.165) is 26.1 Å². The number of rotatable bonds is 5. The molecule has 2 aliphatic rings. The third-order valence-corrected chi connectivity index (χ3v) is 4.02. The second kappa shape index (κ2) is 6.14.